The summed E-state index contributed by atoms with van der Waals surface area (Å²) in [5.41, 5.74) is 1.86. The molecule has 2 rings (SSSR count). The molecular formula is C14H15NO2. The minimum absolute atomic E-state index is 0.216. The van der Waals surface area contributed by atoms with E-state index in [0.29, 0.717) is 19.4 Å². The lowest BCUT2D eigenvalue weighted by molar-refractivity contribution is 0.0971. The number of fused-ring (bicyclic) bond motifs is 1. The van der Waals surface area contributed by atoms with E-state index in [-0.39, 0.29) is 5.78 Å². The molecule has 0 amide bonds. The summed E-state index contributed by atoms with van der Waals surface area (Å²) in [5, 5.41) is 8.44. The quantitative estimate of drug-likeness (QED) is 0.746. The Bertz CT molecular complexity index is 460. The summed E-state index contributed by atoms with van der Waals surface area (Å²) in [6.45, 7) is 0.540. The first-order chi connectivity index (χ1) is 8.33. The van der Waals surface area contributed by atoms with Crippen LogP contribution in [0.2, 0.25) is 0 Å². The molecule has 0 bridgehead atoms. The first-order valence-corrected chi connectivity index (χ1v) is 5.98. The van der Waals surface area contributed by atoms with E-state index in [1.807, 2.05) is 18.2 Å². The lowest BCUT2D eigenvalue weighted by atomic mass is 9.90. The Kier molecular flexibility index (Phi) is 3.77. The van der Waals surface area contributed by atoms with E-state index in [2.05, 4.69) is 6.07 Å². The van der Waals surface area contributed by atoms with Crippen molar-refractivity contribution in [3.63, 3.8) is 0 Å². The number of hydrogen-bond donors (Lipinski definition) is 0. The number of rotatable bonds is 4. The van der Waals surface area contributed by atoms with Gasteiger partial charge in [-0.3, -0.25) is 4.79 Å². The van der Waals surface area contributed by atoms with Crippen LogP contribution >= 0.6 is 0 Å². The molecule has 1 aromatic carbocycles. The van der Waals surface area contributed by atoms with Crippen molar-refractivity contribution in [1.29, 1.82) is 5.26 Å². The van der Waals surface area contributed by atoms with Gasteiger partial charge in [0.1, 0.15) is 5.75 Å². The highest BCUT2D eigenvalue weighted by Gasteiger charge is 2.19. The average molecular weight is 229 g/mol. The maximum atomic E-state index is 11.7. The molecule has 0 fully saturated rings. The fourth-order valence-electron chi connectivity index (χ4n) is 2.11. The molecule has 0 saturated carbocycles. The van der Waals surface area contributed by atoms with Crippen molar-refractivity contribution >= 4 is 5.78 Å². The van der Waals surface area contributed by atoms with Crippen LogP contribution < -0.4 is 4.74 Å². The van der Waals surface area contributed by atoms with Crippen molar-refractivity contribution in [2.45, 2.75) is 32.1 Å². The summed E-state index contributed by atoms with van der Waals surface area (Å²) in [6, 6.07) is 7.73. The van der Waals surface area contributed by atoms with Crippen LogP contribution in [0, 0.1) is 11.3 Å². The molecule has 0 unspecified atom stereocenters. The van der Waals surface area contributed by atoms with Crippen molar-refractivity contribution < 1.29 is 9.53 Å². The third-order valence-electron chi connectivity index (χ3n) is 2.95. The van der Waals surface area contributed by atoms with Gasteiger partial charge >= 0.3 is 0 Å². The van der Waals surface area contributed by atoms with Crippen LogP contribution in [-0.2, 0) is 6.42 Å². The van der Waals surface area contributed by atoms with Gasteiger partial charge in [0.25, 0.3) is 0 Å². The van der Waals surface area contributed by atoms with Gasteiger partial charge in [-0.1, -0.05) is 12.1 Å². The largest absolute Gasteiger partial charge is 0.493 e. The van der Waals surface area contributed by atoms with Gasteiger partial charge in [0, 0.05) is 24.0 Å². The Morgan fingerprint density at radius 3 is 3.06 bits per heavy atom. The second-order valence-corrected chi connectivity index (χ2v) is 4.17. The summed E-state index contributed by atoms with van der Waals surface area (Å²) in [6.07, 6.45) is 3.70. The number of hydrogen-bond acceptors (Lipinski definition) is 3. The molecule has 0 radical (unpaired) electrons. The predicted molar refractivity (Wildman–Crippen MR) is 64.1 cm³/mol. The average Bonchev–Trinajstić information content (AvgIpc) is 2.36. The number of ketones is 1. The SMILES string of the molecule is N#CCCCOc1cccc2c1CCCC2=O. The van der Waals surface area contributed by atoms with Crippen LogP contribution in [0.5, 0.6) is 5.75 Å². The molecule has 0 atom stereocenters. The molecule has 17 heavy (non-hydrogen) atoms. The fourth-order valence-corrected chi connectivity index (χ4v) is 2.11. The molecule has 0 heterocycles. The number of ether oxygens (including phenoxy) is 1. The third-order valence-corrected chi connectivity index (χ3v) is 2.95. The fraction of sp³-hybridized carbons (Fsp3) is 0.429. The lowest BCUT2D eigenvalue weighted by Gasteiger charge is -2.18. The number of nitrogens with zero attached hydrogens (tertiary/aromatic N) is 1. The van der Waals surface area contributed by atoms with Crippen molar-refractivity contribution in [3.8, 4) is 11.8 Å². The molecule has 1 aliphatic carbocycles. The molecule has 0 aromatic heterocycles. The summed E-state index contributed by atoms with van der Waals surface area (Å²) in [4.78, 5) is 11.7. The van der Waals surface area contributed by atoms with E-state index in [1.54, 1.807) is 0 Å². The lowest BCUT2D eigenvalue weighted by Crippen LogP contribution is -2.12. The zero-order chi connectivity index (χ0) is 12.1. The smallest absolute Gasteiger partial charge is 0.163 e. The zero-order valence-corrected chi connectivity index (χ0v) is 9.74. The summed E-state index contributed by atoms with van der Waals surface area (Å²) < 4.78 is 5.65. The Labute approximate surface area is 101 Å². The number of nitriles is 1. The Morgan fingerprint density at radius 1 is 1.35 bits per heavy atom. The molecule has 3 nitrogen and oxygen atoms in total. The second-order valence-electron chi connectivity index (χ2n) is 4.17. The van der Waals surface area contributed by atoms with Crippen molar-refractivity contribution in [2.75, 3.05) is 6.61 Å². The van der Waals surface area contributed by atoms with E-state index in [4.69, 9.17) is 10.00 Å². The van der Waals surface area contributed by atoms with Crippen LogP contribution in [0.1, 0.15) is 41.6 Å². The van der Waals surface area contributed by atoms with Gasteiger partial charge in [-0.25, -0.2) is 0 Å². The molecule has 0 N–H and O–H groups in total. The first-order valence-electron chi connectivity index (χ1n) is 5.98. The van der Waals surface area contributed by atoms with E-state index >= 15 is 0 Å². The van der Waals surface area contributed by atoms with Crippen molar-refractivity contribution in [1.82, 2.24) is 0 Å². The highest BCUT2D eigenvalue weighted by molar-refractivity contribution is 5.99. The van der Waals surface area contributed by atoms with Gasteiger partial charge in [-0.2, -0.15) is 5.26 Å². The van der Waals surface area contributed by atoms with Gasteiger partial charge in [0.2, 0.25) is 0 Å². The monoisotopic (exact) mass is 229 g/mol. The van der Waals surface area contributed by atoms with E-state index < -0.39 is 0 Å². The molecule has 3 heteroatoms. The van der Waals surface area contributed by atoms with Gasteiger partial charge in [0.05, 0.1) is 12.7 Å². The third kappa shape index (κ3) is 2.65. The number of carbonyl (C=O) groups excluding carboxylic acids is 1. The molecule has 0 spiro atoms. The topological polar surface area (TPSA) is 50.1 Å². The number of benzene rings is 1. The van der Waals surface area contributed by atoms with E-state index in [0.717, 1.165) is 36.1 Å². The molecule has 1 aliphatic rings. The summed E-state index contributed by atoms with van der Waals surface area (Å²) >= 11 is 0. The minimum Gasteiger partial charge on any atom is -0.493 e. The zero-order valence-electron chi connectivity index (χ0n) is 9.74. The van der Waals surface area contributed by atoms with Crippen LogP contribution in [0.4, 0.5) is 0 Å². The molecule has 88 valence electrons. The minimum atomic E-state index is 0.216. The first kappa shape index (κ1) is 11.7. The standard InChI is InChI=1S/C14H15NO2/c15-9-1-2-10-17-14-8-4-5-11-12(14)6-3-7-13(11)16/h4-5,8H,1-3,6-7,10H2. The van der Waals surface area contributed by atoms with Gasteiger partial charge < -0.3 is 4.74 Å². The molecule has 0 saturated heterocycles. The maximum Gasteiger partial charge on any atom is 0.163 e. The normalized spacial score (nSPS) is 13.9. The van der Waals surface area contributed by atoms with E-state index in [1.165, 1.54) is 0 Å². The van der Waals surface area contributed by atoms with Gasteiger partial charge in [-0.15, -0.1) is 0 Å². The van der Waals surface area contributed by atoms with Crippen molar-refractivity contribution in [3.05, 3.63) is 29.3 Å². The van der Waals surface area contributed by atoms with E-state index in [9.17, 15) is 4.79 Å². The number of carbonyl (C=O) groups is 1. The van der Waals surface area contributed by atoms with Crippen molar-refractivity contribution in [2.24, 2.45) is 0 Å². The Hall–Kier alpha value is -1.82. The highest BCUT2D eigenvalue weighted by atomic mass is 16.5. The molecule has 0 aliphatic heterocycles. The molecular weight excluding hydrogens is 214 g/mol. The maximum absolute atomic E-state index is 11.7. The summed E-state index contributed by atoms with van der Waals surface area (Å²) in [5.74, 6) is 1.03. The Morgan fingerprint density at radius 2 is 2.24 bits per heavy atom. The summed E-state index contributed by atoms with van der Waals surface area (Å²) in [7, 11) is 0. The second kappa shape index (κ2) is 5.49. The highest BCUT2D eigenvalue weighted by Crippen LogP contribution is 2.29. The Balaban J connectivity index is 2.10. The van der Waals surface area contributed by atoms with Crippen LogP contribution in [0.25, 0.3) is 0 Å². The van der Waals surface area contributed by atoms with Crippen LogP contribution in [0.3, 0.4) is 0 Å². The number of Topliss-reactive ketones (excluding diaryl/α,β-unsaturated/α-hetero) is 1. The van der Waals surface area contributed by atoms with Crippen LogP contribution in [0.15, 0.2) is 18.2 Å². The molecule has 1 aromatic rings. The number of unbranched alkanes of at least 4 members (excludes halogenated alkanes) is 1. The van der Waals surface area contributed by atoms with Crippen LogP contribution in [-0.4, -0.2) is 12.4 Å². The van der Waals surface area contributed by atoms with Gasteiger partial charge in [-0.05, 0) is 25.3 Å². The predicted octanol–water partition coefficient (Wildman–Crippen LogP) is 2.89. The van der Waals surface area contributed by atoms with Gasteiger partial charge in [0.15, 0.2) is 5.78 Å².